The Bertz CT molecular complexity index is 692. The number of halogens is 4. The fraction of sp³-hybridized carbons (Fsp3) is 0. The summed E-state index contributed by atoms with van der Waals surface area (Å²) in [6, 6.07) is 9.87. The van der Waals surface area contributed by atoms with E-state index < -0.39 is 0 Å². The van der Waals surface area contributed by atoms with E-state index in [1.807, 2.05) is 0 Å². The van der Waals surface area contributed by atoms with Crippen LogP contribution in [0.3, 0.4) is 0 Å². The summed E-state index contributed by atoms with van der Waals surface area (Å²) in [6.07, 6.45) is 3.10. The zero-order chi connectivity index (χ0) is 14.7. The fourth-order valence-corrected chi connectivity index (χ4v) is 2.14. The molecule has 0 aliphatic carbocycles. The standard InChI is InChI=1S/C15H8Cl4O/c16-11-4-1-9(7-13(11)18)2-6-15(20)10-3-5-12(17)14(19)8-10/h1-8H/b6-2+. The summed E-state index contributed by atoms with van der Waals surface area (Å²) in [5, 5.41) is 1.67. The lowest BCUT2D eigenvalue weighted by Crippen LogP contribution is -1.93. The highest BCUT2D eigenvalue weighted by atomic mass is 35.5. The molecule has 0 bridgehead atoms. The number of rotatable bonds is 3. The summed E-state index contributed by atoms with van der Waals surface area (Å²) in [5.74, 6) is -0.172. The van der Waals surface area contributed by atoms with Crippen LogP contribution in [0.25, 0.3) is 6.08 Å². The van der Waals surface area contributed by atoms with E-state index >= 15 is 0 Å². The Labute approximate surface area is 136 Å². The SMILES string of the molecule is O=C(/C=C/c1ccc(Cl)c(Cl)c1)c1ccc(Cl)c(Cl)c1. The molecule has 2 aromatic rings. The molecule has 0 fully saturated rings. The van der Waals surface area contributed by atoms with Crippen LogP contribution in [0.4, 0.5) is 0 Å². The van der Waals surface area contributed by atoms with Gasteiger partial charge in [0.15, 0.2) is 5.78 Å². The number of hydrogen-bond acceptors (Lipinski definition) is 1. The topological polar surface area (TPSA) is 17.1 Å². The zero-order valence-electron chi connectivity index (χ0n) is 10.0. The third-order valence-electron chi connectivity index (χ3n) is 2.57. The number of ketones is 1. The molecule has 0 amide bonds. The van der Waals surface area contributed by atoms with Gasteiger partial charge in [-0.05, 0) is 42.0 Å². The van der Waals surface area contributed by atoms with Crippen LogP contribution < -0.4 is 0 Å². The maximum absolute atomic E-state index is 12.0. The van der Waals surface area contributed by atoms with E-state index in [1.54, 1.807) is 36.4 Å². The summed E-state index contributed by atoms with van der Waals surface area (Å²) >= 11 is 23.4. The van der Waals surface area contributed by atoms with Crippen molar-refractivity contribution in [1.82, 2.24) is 0 Å². The molecule has 0 unspecified atom stereocenters. The number of allylic oxidation sites excluding steroid dienone is 1. The van der Waals surface area contributed by atoms with Crippen molar-refractivity contribution in [3.05, 3.63) is 73.7 Å². The molecule has 2 aromatic carbocycles. The smallest absolute Gasteiger partial charge is 0.185 e. The van der Waals surface area contributed by atoms with Crippen LogP contribution in [0.5, 0.6) is 0 Å². The number of carbonyl (C=O) groups is 1. The molecule has 0 radical (unpaired) electrons. The Hall–Kier alpha value is -0.990. The van der Waals surface area contributed by atoms with Gasteiger partial charge in [-0.15, -0.1) is 0 Å². The predicted octanol–water partition coefficient (Wildman–Crippen LogP) is 6.20. The number of carbonyl (C=O) groups excluding carboxylic acids is 1. The molecule has 0 N–H and O–H groups in total. The van der Waals surface area contributed by atoms with E-state index in [0.717, 1.165) is 5.56 Å². The summed E-state index contributed by atoms with van der Waals surface area (Å²) in [7, 11) is 0. The second kappa shape index (κ2) is 6.64. The van der Waals surface area contributed by atoms with E-state index in [1.165, 1.54) is 12.1 Å². The van der Waals surface area contributed by atoms with Crippen molar-refractivity contribution in [1.29, 1.82) is 0 Å². The molecule has 0 heterocycles. The average molecular weight is 346 g/mol. The van der Waals surface area contributed by atoms with Crippen molar-refractivity contribution in [2.24, 2.45) is 0 Å². The van der Waals surface area contributed by atoms with E-state index in [4.69, 9.17) is 46.4 Å². The lowest BCUT2D eigenvalue weighted by atomic mass is 10.1. The normalized spacial score (nSPS) is 11.0. The predicted molar refractivity (Wildman–Crippen MR) is 86.3 cm³/mol. The molecule has 0 atom stereocenters. The van der Waals surface area contributed by atoms with Gasteiger partial charge >= 0.3 is 0 Å². The van der Waals surface area contributed by atoms with Crippen LogP contribution in [-0.4, -0.2) is 5.78 Å². The first kappa shape index (κ1) is 15.4. The molecule has 102 valence electrons. The molecule has 5 heteroatoms. The van der Waals surface area contributed by atoms with Crippen LogP contribution in [0.1, 0.15) is 15.9 Å². The molecule has 0 aromatic heterocycles. The van der Waals surface area contributed by atoms with Crippen LogP contribution in [0, 0.1) is 0 Å². The highest BCUT2D eigenvalue weighted by Gasteiger charge is 2.05. The van der Waals surface area contributed by atoms with Crippen LogP contribution in [0.2, 0.25) is 20.1 Å². The van der Waals surface area contributed by atoms with Crippen LogP contribution >= 0.6 is 46.4 Å². The van der Waals surface area contributed by atoms with Gasteiger partial charge in [-0.2, -0.15) is 0 Å². The molecule has 0 aliphatic rings. The first-order chi connectivity index (χ1) is 9.47. The van der Waals surface area contributed by atoms with E-state index in [0.29, 0.717) is 25.7 Å². The Morgan fingerprint density at radius 3 is 2.00 bits per heavy atom. The molecule has 0 spiro atoms. The highest BCUT2D eigenvalue weighted by Crippen LogP contribution is 2.24. The molecule has 20 heavy (non-hydrogen) atoms. The van der Waals surface area contributed by atoms with Crippen molar-refractivity contribution in [2.75, 3.05) is 0 Å². The quantitative estimate of drug-likeness (QED) is 0.478. The molecule has 0 saturated heterocycles. The van der Waals surface area contributed by atoms with Crippen molar-refractivity contribution in [3.8, 4) is 0 Å². The monoisotopic (exact) mass is 344 g/mol. The van der Waals surface area contributed by atoms with Crippen molar-refractivity contribution in [2.45, 2.75) is 0 Å². The number of hydrogen-bond donors (Lipinski definition) is 0. The van der Waals surface area contributed by atoms with Gasteiger partial charge < -0.3 is 0 Å². The Morgan fingerprint density at radius 1 is 0.800 bits per heavy atom. The maximum atomic E-state index is 12.0. The Morgan fingerprint density at radius 2 is 1.40 bits per heavy atom. The van der Waals surface area contributed by atoms with Gasteiger partial charge in [0.25, 0.3) is 0 Å². The summed E-state index contributed by atoms with van der Waals surface area (Å²) in [5.41, 5.74) is 1.25. The second-order valence-corrected chi connectivity index (χ2v) is 5.63. The third-order valence-corrected chi connectivity index (χ3v) is 4.05. The number of benzene rings is 2. The Kier molecular flexibility index (Phi) is 5.11. The summed E-state index contributed by atoms with van der Waals surface area (Å²) in [4.78, 5) is 12.0. The molecule has 0 saturated carbocycles. The average Bonchev–Trinajstić information content (AvgIpc) is 2.43. The molecular weight excluding hydrogens is 338 g/mol. The maximum Gasteiger partial charge on any atom is 0.185 e. The highest BCUT2D eigenvalue weighted by molar-refractivity contribution is 6.42. The van der Waals surface area contributed by atoms with Crippen molar-refractivity contribution >= 4 is 58.3 Å². The molecular formula is C15H8Cl4O. The van der Waals surface area contributed by atoms with Gasteiger partial charge in [0, 0.05) is 5.56 Å². The lowest BCUT2D eigenvalue weighted by molar-refractivity contribution is 0.104. The summed E-state index contributed by atoms with van der Waals surface area (Å²) < 4.78 is 0. The minimum absolute atomic E-state index is 0.172. The van der Waals surface area contributed by atoms with Gasteiger partial charge in [-0.1, -0.05) is 58.5 Å². The van der Waals surface area contributed by atoms with Gasteiger partial charge in [0.1, 0.15) is 0 Å². The largest absolute Gasteiger partial charge is 0.289 e. The summed E-state index contributed by atoms with van der Waals surface area (Å²) in [6.45, 7) is 0. The van der Waals surface area contributed by atoms with Gasteiger partial charge in [-0.25, -0.2) is 0 Å². The van der Waals surface area contributed by atoms with Gasteiger partial charge in [0.05, 0.1) is 20.1 Å². The van der Waals surface area contributed by atoms with Crippen molar-refractivity contribution in [3.63, 3.8) is 0 Å². The lowest BCUT2D eigenvalue weighted by Gasteiger charge is -2.00. The molecule has 2 rings (SSSR count). The van der Waals surface area contributed by atoms with Crippen molar-refractivity contribution < 1.29 is 4.79 Å². The fourth-order valence-electron chi connectivity index (χ4n) is 1.53. The van der Waals surface area contributed by atoms with Gasteiger partial charge in [-0.3, -0.25) is 4.79 Å². The van der Waals surface area contributed by atoms with E-state index in [-0.39, 0.29) is 5.78 Å². The molecule has 0 aliphatic heterocycles. The first-order valence-corrected chi connectivity index (χ1v) is 7.11. The third kappa shape index (κ3) is 3.77. The first-order valence-electron chi connectivity index (χ1n) is 5.60. The minimum atomic E-state index is -0.172. The zero-order valence-corrected chi connectivity index (χ0v) is 13.1. The second-order valence-electron chi connectivity index (χ2n) is 4.00. The Balaban J connectivity index is 2.19. The molecule has 1 nitrogen and oxygen atoms in total. The van der Waals surface area contributed by atoms with E-state index in [9.17, 15) is 4.79 Å². The van der Waals surface area contributed by atoms with Gasteiger partial charge in [0.2, 0.25) is 0 Å². The minimum Gasteiger partial charge on any atom is -0.289 e. The van der Waals surface area contributed by atoms with E-state index in [2.05, 4.69) is 0 Å². The van der Waals surface area contributed by atoms with Crippen LogP contribution in [-0.2, 0) is 0 Å². The van der Waals surface area contributed by atoms with Crippen LogP contribution in [0.15, 0.2) is 42.5 Å².